The predicted octanol–water partition coefficient (Wildman–Crippen LogP) is 0.512. The van der Waals surface area contributed by atoms with Crippen LogP contribution in [0, 0.1) is 5.92 Å². The lowest BCUT2D eigenvalue weighted by Crippen LogP contribution is -2.48. The van der Waals surface area contributed by atoms with E-state index in [0.717, 1.165) is 25.9 Å². The van der Waals surface area contributed by atoms with Gasteiger partial charge in [0, 0.05) is 13.1 Å². The van der Waals surface area contributed by atoms with E-state index in [4.69, 9.17) is 5.73 Å². The third-order valence-corrected chi connectivity index (χ3v) is 3.07. The van der Waals surface area contributed by atoms with Crippen molar-refractivity contribution in [3.63, 3.8) is 0 Å². The molecule has 1 saturated carbocycles. The molecule has 1 aliphatic carbocycles. The summed E-state index contributed by atoms with van der Waals surface area (Å²) in [5.74, 6) is 0.586. The lowest BCUT2D eigenvalue weighted by Gasteiger charge is -2.32. The van der Waals surface area contributed by atoms with Crippen LogP contribution in [-0.4, -0.2) is 29.9 Å². The Labute approximate surface area is 78.6 Å². The summed E-state index contributed by atoms with van der Waals surface area (Å²) in [6.45, 7) is 1.50. The standard InChI is InChI=1S/C10H16N2O/c11-9(8-4-3-5-8)10(13)12-6-1-2-7-12/h1-2,8-9H,3-7,11H2. The molecule has 0 radical (unpaired) electrons. The van der Waals surface area contributed by atoms with Crippen LogP contribution in [0.5, 0.6) is 0 Å². The lowest BCUT2D eigenvalue weighted by molar-refractivity contribution is -0.133. The van der Waals surface area contributed by atoms with Gasteiger partial charge < -0.3 is 10.6 Å². The van der Waals surface area contributed by atoms with Crippen molar-refractivity contribution in [2.75, 3.05) is 13.1 Å². The minimum atomic E-state index is -0.242. The number of rotatable bonds is 2. The molecule has 1 unspecified atom stereocenters. The highest BCUT2D eigenvalue weighted by molar-refractivity contribution is 5.82. The van der Waals surface area contributed by atoms with Crippen LogP contribution in [-0.2, 0) is 4.79 Å². The van der Waals surface area contributed by atoms with Crippen LogP contribution in [0.2, 0.25) is 0 Å². The van der Waals surface area contributed by atoms with Crippen molar-refractivity contribution in [3.8, 4) is 0 Å². The average molecular weight is 180 g/mol. The summed E-state index contributed by atoms with van der Waals surface area (Å²) in [4.78, 5) is 13.6. The van der Waals surface area contributed by atoms with Gasteiger partial charge in [0.05, 0.1) is 6.04 Å². The highest BCUT2D eigenvalue weighted by Crippen LogP contribution is 2.29. The van der Waals surface area contributed by atoms with Crippen molar-refractivity contribution in [2.45, 2.75) is 25.3 Å². The molecule has 1 fully saturated rings. The second-order valence-electron chi connectivity index (χ2n) is 3.93. The summed E-state index contributed by atoms with van der Waals surface area (Å²) in [5, 5.41) is 0. The Morgan fingerprint density at radius 3 is 2.46 bits per heavy atom. The molecule has 72 valence electrons. The van der Waals surface area contributed by atoms with Gasteiger partial charge in [-0.1, -0.05) is 18.6 Å². The van der Waals surface area contributed by atoms with Crippen LogP contribution >= 0.6 is 0 Å². The van der Waals surface area contributed by atoms with Crippen LogP contribution in [0.3, 0.4) is 0 Å². The molecule has 0 aromatic rings. The Bertz CT molecular complexity index is 225. The van der Waals surface area contributed by atoms with E-state index in [0.29, 0.717) is 5.92 Å². The van der Waals surface area contributed by atoms with E-state index in [1.807, 2.05) is 17.1 Å². The van der Waals surface area contributed by atoms with E-state index >= 15 is 0 Å². The fourth-order valence-corrected chi connectivity index (χ4v) is 1.87. The Morgan fingerprint density at radius 1 is 1.38 bits per heavy atom. The minimum absolute atomic E-state index is 0.134. The molecule has 0 aromatic carbocycles. The fourth-order valence-electron chi connectivity index (χ4n) is 1.87. The van der Waals surface area contributed by atoms with Gasteiger partial charge >= 0.3 is 0 Å². The number of hydrogen-bond acceptors (Lipinski definition) is 2. The number of hydrogen-bond donors (Lipinski definition) is 1. The number of carbonyl (C=O) groups is 1. The normalized spacial score (nSPS) is 24.5. The van der Waals surface area contributed by atoms with Gasteiger partial charge in [-0.25, -0.2) is 0 Å². The summed E-state index contributed by atoms with van der Waals surface area (Å²) in [7, 11) is 0. The van der Waals surface area contributed by atoms with E-state index in [1.54, 1.807) is 0 Å². The highest BCUT2D eigenvalue weighted by atomic mass is 16.2. The van der Waals surface area contributed by atoms with Crippen LogP contribution in [0.4, 0.5) is 0 Å². The maximum atomic E-state index is 11.7. The van der Waals surface area contributed by atoms with Crippen molar-refractivity contribution in [2.24, 2.45) is 11.7 Å². The summed E-state index contributed by atoms with van der Waals surface area (Å²) in [5.41, 5.74) is 5.88. The molecule has 3 heteroatoms. The average Bonchev–Trinajstić information content (AvgIpc) is 2.51. The third-order valence-electron chi connectivity index (χ3n) is 3.07. The number of nitrogens with two attached hydrogens (primary N) is 1. The second-order valence-corrected chi connectivity index (χ2v) is 3.93. The van der Waals surface area contributed by atoms with E-state index in [2.05, 4.69) is 0 Å². The lowest BCUT2D eigenvalue weighted by atomic mass is 9.79. The zero-order valence-corrected chi connectivity index (χ0v) is 7.78. The van der Waals surface area contributed by atoms with Crippen LogP contribution in [0.15, 0.2) is 12.2 Å². The van der Waals surface area contributed by atoms with Gasteiger partial charge in [-0.3, -0.25) is 4.79 Å². The van der Waals surface area contributed by atoms with Crippen LogP contribution in [0.1, 0.15) is 19.3 Å². The number of amides is 1. The van der Waals surface area contributed by atoms with Crippen LogP contribution in [0.25, 0.3) is 0 Å². The van der Waals surface area contributed by atoms with Gasteiger partial charge in [-0.15, -0.1) is 0 Å². The van der Waals surface area contributed by atoms with Gasteiger partial charge in [-0.2, -0.15) is 0 Å². The first-order chi connectivity index (χ1) is 6.29. The Balaban J connectivity index is 1.87. The summed E-state index contributed by atoms with van der Waals surface area (Å²) in [6, 6.07) is -0.242. The predicted molar refractivity (Wildman–Crippen MR) is 51.0 cm³/mol. The summed E-state index contributed by atoms with van der Waals surface area (Å²) >= 11 is 0. The molecule has 3 nitrogen and oxygen atoms in total. The topological polar surface area (TPSA) is 46.3 Å². The van der Waals surface area contributed by atoms with Crippen molar-refractivity contribution in [3.05, 3.63) is 12.2 Å². The fraction of sp³-hybridized carbons (Fsp3) is 0.700. The van der Waals surface area contributed by atoms with Crippen molar-refractivity contribution >= 4 is 5.91 Å². The molecular weight excluding hydrogens is 164 g/mol. The molecule has 2 aliphatic rings. The molecule has 0 bridgehead atoms. The molecule has 1 heterocycles. The number of nitrogens with zero attached hydrogens (tertiary/aromatic N) is 1. The quantitative estimate of drug-likeness (QED) is 0.629. The minimum Gasteiger partial charge on any atom is -0.334 e. The van der Waals surface area contributed by atoms with Gasteiger partial charge in [0.15, 0.2) is 0 Å². The first kappa shape index (κ1) is 8.75. The molecule has 0 saturated heterocycles. The van der Waals surface area contributed by atoms with Crippen molar-refractivity contribution in [1.82, 2.24) is 4.90 Å². The van der Waals surface area contributed by atoms with E-state index in [-0.39, 0.29) is 11.9 Å². The molecule has 2 N–H and O–H groups in total. The SMILES string of the molecule is NC(C(=O)N1CC=CC1)C1CCC1. The molecule has 2 rings (SSSR count). The molecule has 1 atom stereocenters. The summed E-state index contributed by atoms with van der Waals surface area (Å²) < 4.78 is 0. The zero-order chi connectivity index (χ0) is 9.26. The highest BCUT2D eigenvalue weighted by Gasteiger charge is 2.32. The van der Waals surface area contributed by atoms with E-state index in [9.17, 15) is 4.79 Å². The first-order valence-corrected chi connectivity index (χ1v) is 4.98. The Kier molecular flexibility index (Phi) is 2.36. The van der Waals surface area contributed by atoms with Gasteiger partial charge in [-0.05, 0) is 18.8 Å². The zero-order valence-electron chi connectivity index (χ0n) is 7.78. The Morgan fingerprint density at radius 2 is 2.00 bits per heavy atom. The molecule has 13 heavy (non-hydrogen) atoms. The second kappa shape index (κ2) is 3.50. The van der Waals surface area contributed by atoms with Crippen molar-refractivity contribution in [1.29, 1.82) is 0 Å². The monoisotopic (exact) mass is 180 g/mol. The number of carbonyl (C=O) groups excluding carboxylic acids is 1. The molecule has 0 spiro atoms. The first-order valence-electron chi connectivity index (χ1n) is 4.98. The van der Waals surface area contributed by atoms with Gasteiger partial charge in [0.25, 0.3) is 0 Å². The van der Waals surface area contributed by atoms with Crippen molar-refractivity contribution < 1.29 is 4.79 Å². The van der Waals surface area contributed by atoms with E-state index < -0.39 is 0 Å². The third kappa shape index (κ3) is 1.61. The van der Waals surface area contributed by atoms with Gasteiger partial charge in [0.2, 0.25) is 5.91 Å². The van der Waals surface area contributed by atoms with E-state index in [1.165, 1.54) is 6.42 Å². The Hall–Kier alpha value is -0.830. The maximum absolute atomic E-state index is 11.7. The smallest absolute Gasteiger partial charge is 0.240 e. The molecule has 0 aromatic heterocycles. The molecule has 1 amide bonds. The molecule has 1 aliphatic heterocycles. The summed E-state index contributed by atoms with van der Waals surface area (Å²) in [6.07, 6.45) is 7.54. The van der Waals surface area contributed by atoms with Crippen LogP contribution < -0.4 is 5.73 Å². The largest absolute Gasteiger partial charge is 0.334 e. The van der Waals surface area contributed by atoms with Gasteiger partial charge in [0.1, 0.15) is 0 Å². The molecular formula is C10H16N2O. The maximum Gasteiger partial charge on any atom is 0.240 e.